The van der Waals surface area contributed by atoms with Gasteiger partial charge < -0.3 is 9.30 Å². The lowest BCUT2D eigenvalue weighted by molar-refractivity contribution is -0.137. The highest BCUT2D eigenvalue weighted by Gasteiger charge is 2.17. The van der Waals surface area contributed by atoms with Crippen LogP contribution in [0.1, 0.15) is 49.3 Å². The summed E-state index contributed by atoms with van der Waals surface area (Å²) < 4.78 is 7.39. The summed E-state index contributed by atoms with van der Waals surface area (Å²) in [6.45, 7) is 4.94. The summed E-state index contributed by atoms with van der Waals surface area (Å²) in [5.41, 5.74) is 4.02. The van der Waals surface area contributed by atoms with E-state index in [0.717, 1.165) is 52.5 Å². The van der Waals surface area contributed by atoms with Crippen LogP contribution >= 0.6 is 22.9 Å². The fraction of sp³-hybridized carbons (Fsp3) is 0.333. The van der Waals surface area contributed by atoms with Crippen molar-refractivity contribution in [2.24, 2.45) is 0 Å². The Morgan fingerprint density at radius 3 is 2.80 bits per heavy atom. The summed E-state index contributed by atoms with van der Waals surface area (Å²) in [5, 5.41) is 4.88. The number of allylic oxidation sites excluding steroid dienone is 1. The summed E-state index contributed by atoms with van der Waals surface area (Å²) in [6.07, 6.45) is 7.15. The van der Waals surface area contributed by atoms with Crippen LogP contribution in [0.15, 0.2) is 53.4 Å². The van der Waals surface area contributed by atoms with E-state index in [1.165, 1.54) is 0 Å². The van der Waals surface area contributed by atoms with Gasteiger partial charge in [-0.05, 0) is 52.9 Å². The quantitative estimate of drug-likeness (QED) is 0.278. The van der Waals surface area contributed by atoms with Gasteiger partial charge in [-0.2, -0.15) is 11.3 Å². The Hall–Kier alpha value is -2.37. The molecule has 30 heavy (non-hydrogen) atoms. The molecule has 3 rings (SSSR count). The molecule has 0 aliphatic heterocycles. The van der Waals surface area contributed by atoms with E-state index in [1.807, 2.05) is 42.8 Å². The maximum absolute atomic E-state index is 12.3. The first-order valence-corrected chi connectivity index (χ1v) is 11.6. The van der Waals surface area contributed by atoms with Crippen LogP contribution in [0.3, 0.4) is 0 Å². The molecule has 2 heterocycles. The number of carbonyl (C=O) groups excluding carboxylic acids is 1. The molecule has 0 aliphatic carbocycles. The molecular weight excluding hydrogens is 416 g/mol. The van der Waals surface area contributed by atoms with Gasteiger partial charge in [0.2, 0.25) is 0 Å². The smallest absolute Gasteiger partial charge is 0.331 e. The Labute approximate surface area is 187 Å². The first kappa shape index (κ1) is 22.3. The van der Waals surface area contributed by atoms with E-state index in [2.05, 4.69) is 22.9 Å². The number of halogens is 1. The van der Waals surface area contributed by atoms with Gasteiger partial charge in [-0.15, -0.1) is 0 Å². The zero-order valence-corrected chi connectivity index (χ0v) is 19.0. The zero-order valence-electron chi connectivity index (χ0n) is 17.4. The molecule has 0 bridgehead atoms. The van der Waals surface area contributed by atoms with Gasteiger partial charge in [0.15, 0.2) is 0 Å². The van der Waals surface area contributed by atoms with Crippen molar-refractivity contribution in [2.75, 3.05) is 6.61 Å². The summed E-state index contributed by atoms with van der Waals surface area (Å²) in [4.78, 5) is 17.0. The molecule has 0 N–H and O–H groups in total. The lowest BCUT2D eigenvalue weighted by Gasteiger charge is -2.15. The maximum Gasteiger partial charge on any atom is 0.331 e. The predicted molar refractivity (Wildman–Crippen MR) is 124 cm³/mol. The highest BCUT2D eigenvalue weighted by molar-refractivity contribution is 7.07. The van der Waals surface area contributed by atoms with E-state index in [4.69, 9.17) is 21.3 Å². The van der Waals surface area contributed by atoms with Crippen LogP contribution in [0.5, 0.6) is 0 Å². The van der Waals surface area contributed by atoms with Crippen molar-refractivity contribution < 1.29 is 9.53 Å². The van der Waals surface area contributed by atoms with Crippen molar-refractivity contribution in [3.63, 3.8) is 0 Å². The second-order valence-corrected chi connectivity index (χ2v) is 8.26. The Bertz CT molecular complexity index is 993. The van der Waals surface area contributed by atoms with E-state index in [-0.39, 0.29) is 5.97 Å². The molecule has 0 fully saturated rings. The largest absolute Gasteiger partial charge is 0.463 e. The van der Waals surface area contributed by atoms with Crippen molar-refractivity contribution in [3.8, 4) is 0 Å². The van der Waals surface area contributed by atoms with Crippen molar-refractivity contribution in [1.82, 2.24) is 9.55 Å². The minimum atomic E-state index is -0.330. The van der Waals surface area contributed by atoms with Gasteiger partial charge in [-0.1, -0.05) is 43.1 Å². The molecule has 0 saturated heterocycles. The average molecular weight is 443 g/mol. The van der Waals surface area contributed by atoms with Crippen LogP contribution in [0.4, 0.5) is 0 Å². The minimum Gasteiger partial charge on any atom is -0.463 e. The summed E-state index contributed by atoms with van der Waals surface area (Å²) in [7, 11) is 0. The van der Waals surface area contributed by atoms with Gasteiger partial charge in [-0.3, -0.25) is 0 Å². The highest BCUT2D eigenvalue weighted by atomic mass is 35.5. The number of hydrogen-bond donors (Lipinski definition) is 0. The molecule has 0 spiro atoms. The van der Waals surface area contributed by atoms with Crippen molar-refractivity contribution in [3.05, 3.63) is 81.0 Å². The van der Waals surface area contributed by atoms with E-state index in [1.54, 1.807) is 17.4 Å². The van der Waals surface area contributed by atoms with Crippen LogP contribution in [0, 0.1) is 0 Å². The third-order valence-corrected chi connectivity index (χ3v) is 5.96. The molecular formula is C24H27ClN2O2S. The van der Waals surface area contributed by atoms with Crippen molar-refractivity contribution in [1.29, 1.82) is 0 Å². The molecule has 158 valence electrons. The summed E-state index contributed by atoms with van der Waals surface area (Å²) >= 11 is 8.10. The van der Waals surface area contributed by atoms with Gasteiger partial charge in [0.25, 0.3) is 0 Å². The second kappa shape index (κ2) is 11.1. The number of unbranched alkanes of at least 4 members (excludes halogenated alkanes) is 1. The molecule has 0 radical (unpaired) electrons. The SMILES string of the molecule is CCCCc1ncc(C(=CC(=O)OCC)Cc2ccsc2)n1Cc1ccccc1Cl. The standard InChI is InChI=1S/C24H27ClN2O2S/c1-3-5-10-23-26-15-22(27(23)16-19-8-6-7-9-21(19)25)20(14-24(28)29-4-2)13-18-11-12-30-17-18/h6-9,11-12,14-15,17H,3-5,10,13,16H2,1-2H3. The molecule has 3 aromatic rings. The number of aryl methyl sites for hydroxylation is 1. The van der Waals surface area contributed by atoms with Crippen LogP contribution in [-0.4, -0.2) is 22.1 Å². The number of ether oxygens (including phenoxy) is 1. The van der Waals surface area contributed by atoms with E-state index >= 15 is 0 Å². The van der Waals surface area contributed by atoms with Gasteiger partial charge in [0, 0.05) is 23.9 Å². The van der Waals surface area contributed by atoms with Gasteiger partial charge >= 0.3 is 5.97 Å². The maximum atomic E-state index is 12.3. The fourth-order valence-corrected chi connectivity index (χ4v) is 4.20. The Balaban J connectivity index is 2.04. The number of rotatable bonds is 10. The Kier molecular flexibility index (Phi) is 8.29. The normalized spacial score (nSPS) is 11.6. The summed E-state index contributed by atoms with van der Waals surface area (Å²) in [5.74, 6) is 0.676. The van der Waals surface area contributed by atoms with Gasteiger partial charge in [0.1, 0.15) is 5.82 Å². The number of hydrogen-bond acceptors (Lipinski definition) is 4. The molecule has 0 amide bonds. The monoisotopic (exact) mass is 442 g/mol. The number of thiophene rings is 1. The minimum absolute atomic E-state index is 0.330. The predicted octanol–water partition coefficient (Wildman–Crippen LogP) is 6.18. The Morgan fingerprint density at radius 1 is 1.27 bits per heavy atom. The summed E-state index contributed by atoms with van der Waals surface area (Å²) in [6, 6.07) is 9.94. The van der Waals surface area contributed by atoms with E-state index in [9.17, 15) is 4.79 Å². The number of imidazole rings is 1. The van der Waals surface area contributed by atoms with Gasteiger partial charge in [0.05, 0.1) is 25.0 Å². The topological polar surface area (TPSA) is 44.1 Å². The van der Waals surface area contributed by atoms with Crippen LogP contribution in [0.2, 0.25) is 5.02 Å². The van der Waals surface area contributed by atoms with Crippen LogP contribution < -0.4 is 0 Å². The van der Waals surface area contributed by atoms with Crippen molar-refractivity contribution in [2.45, 2.75) is 46.1 Å². The third-order valence-electron chi connectivity index (χ3n) is 4.86. The third kappa shape index (κ3) is 5.83. The molecule has 2 aromatic heterocycles. The number of esters is 1. The zero-order chi connectivity index (χ0) is 21.3. The first-order valence-electron chi connectivity index (χ1n) is 10.3. The molecule has 0 aliphatic rings. The Morgan fingerprint density at radius 2 is 2.10 bits per heavy atom. The molecule has 0 atom stereocenters. The number of nitrogens with zero attached hydrogens (tertiary/aromatic N) is 2. The highest BCUT2D eigenvalue weighted by Crippen LogP contribution is 2.26. The fourth-order valence-electron chi connectivity index (χ4n) is 3.33. The van der Waals surface area contributed by atoms with Crippen molar-refractivity contribution >= 4 is 34.5 Å². The van der Waals surface area contributed by atoms with E-state index < -0.39 is 0 Å². The molecule has 1 aromatic carbocycles. The lowest BCUT2D eigenvalue weighted by Crippen LogP contribution is -2.11. The molecule has 4 nitrogen and oxygen atoms in total. The van der Waals surface area contributed by atoms with Gasteiger partial charge in [-0.25, -0.2) is 9.78 Å². The average Bonchev–Trinajstić information content (AvgIpc) is 3.38. The van der Waals surface area contributed by atoms with Crippen LogP contribution in [0.25, 0.3) is 5.57 Å². The number of aromatic nitrogens is 2. The molecule has 6 heteroatoms. The number of benzene rings is 1. The first-order chi connectivity index (χ1) is 14.6. The number of carbonyl (C=O) groups is 1. The molecule has 0 saturated carbocycles. The molecule has 0 unspecified atom stereocenters. The van der Waals surface area contributed by atoms with E-state index in [0.29, 0.717) is 19.6 Å². The second-order valence-electron chi connectivity index (χ2n) is 7.07. The lowest BCUT2D eigenvalue weighted by atomic mass is 10.0. The van der Waals surface area contributed by atoms with Crippen LogP contribution in [-0.2, 0) is 28.9 Å².